The van der Waals surface area contributed by atoms with Gasteiger partial charge in [-0.3, -0.25) is 10.1 Å². The molecule has 0 saturated heterocycles. The zero-order valence-corrected chi connectivity index (χ0v) is 10.2. The number of nitro groups is 1. The van der Waals surface area contributed by atoms with Gasteiger partial charge in [0.2, 0.25) is 11.6 Å². The minimum atomic E-state index is -0.559. The van der Waals surface area contributed by atoms with Crippen LogP contribution in [0.4, 0.5) is 17.3 Å². The molecule has 0 radical (unpaired) electrons. The number of aromatic nitrogens is 2. The lowest BCUT2D eigenvalue weighted by molar-refractivity contribution is -0.383. The van der Waals surface area contributed by atoms with Crippen molar-refractivity contribution in [3.8, 4) is 0 Å². The number of hydrogen-bond acceptors (Lipinski definition) is 7. The SMILES string of the molecule is CSC1(CNc2ncnc(N)c2[N+](=O)[O-])CC1. The third-order valence-electron chi connectivity index (χ3n) is 2.85. The van der Waals surface area contributed by atoms with Gasteiger partial charge in [0.15, 0.2) is 0 Å². The van der Waals surface area contributed by atoms with E-state index < -0.39 is 4.92 Å². The molecule has 1 aliphatic rings. The van der Waals surface area contributed by atoms with Gasteiger partial charge >= 0.3 is 5.69 Å². The first-order valence-corrected chi connectivity index (χ1v) is 6.34. The summed E-state index contributed by atoms with van der Waals surface area (Å²) >= 11 is 1.77. The fourth-order valence-electron chi connectivity index (χ4n) is 1.54. The average Bonchev–Trinajstić information content (AvgIpc) is 3.06. The van der Waals surface area contributed by atoms with Gasteiger partial charge in [0.25, 0.3) is 0 Å². The third kappa shape index (κ3) is 2.41. The lowest BCUT2D eigenvalue weighted by Crippen LogP contribution is -2.19. The molecule has 92 valence electrons. The molecule has 0 spiro atoms. The fraction of sp³-hybridized carbons (Fsp3) is 0.556. The van der Waals surface area contributed by atoms with Crippen molar-refractivity contribution in [3.05, 3.63) is 16.4 Å². The predicted molar refractivity (Wildman–Crippen MR) is 67.1 cm³/mol. The smallest absolute Gasteiger partial charge is 0.352 e. The molecule has 1 aromatic rings. The quantitative estimate of drug-likeness (QED) is 0.602. The number of nitrogen functional groups attached to an aromatic ring is 1. The summed E-state index contributed by atoms with van der Waals surface area (Å²) in [7, 11) is 0. The molecule has 7 nitrogen and oxygen atoms in total. The number of rotatable bonds is 5. The van der Waals surface area contributed by atoms with Gasteiger partial charge in [-0.2, -0.15) is 11.8 Å². The first-order chi connectivity index (χ1) is 8.08. The molecule has 0 atom stereocenters. The van der Waals surface area contributed by atoms with Crippen LogP contribution in [0.2, 0.25) is 0 Å². The fourth-order valence-corrected chi connectivity index (χ4v) is 2.27. The topological polar surface area (TPSA) is 107 Å². The van der Waals surface area contributed by atoms with Gasteiger partial charge in [-0.1, -0.05) is 0 Å². The summed E-state index contributed by atoms with van der Waals surface area (Å²) < 4.78 is 0.202. The van der Waals surface area contributed by atoms with E-state index in [0.29, 0.717) is 6.54 Å². The highest BCUT2D eigenvalue weighted by Gasteiger charge is 2.42. The van der Waals surface area contributed by atoms with Crippen LogP contribution in [-0.2, 0) is 0 Å². The van der Waals surface area contributed by atoms with E-state index in [4.69, 9.17) is 5.73 Å². The molecule has 1 fully saturated rings. The molecule has 1 heterocycles. The van der Waals surface area contributed by atoms with E-state index in [1.165, 1.54) is 6.33 Å². The van der Waals surface area contributed by atoms with Gasteiger partial charge in [-0.25, -0.2) is 9.97 Å². The van der Waals surface area contributed by atoms with Gasteiger partial charge in [-0.05, 0) is 19.1 Å². The second kappa shape index (κ2) is 4.36. The summed E-state index contributed by atoms with van der Waals surface area (Å²) in [4.78, 5) is 17.8. The molecule has 17 heavy (non-hydrogen) atoms. The highest BCUT2D eigenvalue weighted by molar-refractivity contribution is 8.00. The maximum absolute atomic E-state index is 10.9. The second-order valence-corrected chi connectivity index (χ2v) is 5.23. The second-order valence-electron chi connectivity index (χ2n) is 3.95. The summed E-state index contributed by atoms with van der Waals surface area (Å²) in [6, 6.07) is 0. The van der Waals surface area contributed by atoms with Crippen LogP contribution < -0.4 is 11.1 Å². The maximum atomic E-state index is 10.9. The maximum Gasteiger partial charge on any atom is 0.352 e. The monoisotopic (exact) mass is 255 g/mol. The third-order valence-corrected chi connectivity index (χ3v) is 4.27. The Hall–Kier alpha value is -1.57. The van der Waals surface area contributed by atoms with Crippen molar-refractivity contribution in [3.63, 3.8) is 0 Å². The van der Waals surface area contributed by atoms with Crippen molar-refractivity contribution in [1.29, 1.82) is 0 Å². The Labute approximate surface area is 102 Å². The van der Waals surface area contributed by atoms with Crippen molar-refractivity contribution in [2.24, 2.45) is 0 Å². The van der Waals surface area contributed by atoms with Crippen LogP contribution in [0.15, 0.2) is 6.33 Å². The molecular formula is C9H13N5O2S. The van der Waals surface area contributed by atoms with Gasteiger partial charge in [0.1, 0.15) is 6.33 Å². The van der Waals surface area contributed by atoms with E-state index in [9.17, 15) is 10.1 Å². The number of nitrogens with zero attached hydrogens (tertiary/aromatic N) is 3. The standard InChI is InChI=1S/C9H13N5O2S/c1-17-9(2-3-9)4-11-8-6(14(15)16)7(10)12-5-13-8/h5H,2-4H2,1H3,(H3,10,11,12,13). The summed E-state index contributed by atoms with van der Waals surface area (Å²) in [5, 5.41) is 13.8. The first kappa shape index (κ1) is 11.9. The Balaban J connectivity index is 2.15. The van der Waals surface area contributed by atoms with Crippen molar-refractivity contribution in [1.82, 2.24) is 9.97 Å². The van der Waals surface area contributed by atoms with E-state index in [0.717, 1.165) is 12.8 Å². The van der Waals surface area contributed by atoms with Crippen LogP contribution in [0.3, 0.4) is 0 Å². The summed E-state index contributed by atoms with van der Waals surface area (Å²) in [5.41, 5.74) is 5.23. The summed E-state index contributed by atoms with van der Waals surface area (Å²) in [5.74, 6) is 0.0873. The zero-order valence-electron chi connectivity index (χ0n) is 9.34. The van der Waals surface area contributed by atoms with Crippen molar-refractivity contribution >= 4 is 29.1 Å². The van der Waals surface area contributed by atoms with E-state index in [-0.39, 0.29) is 22.1 Å². The average molecular weight is 255 g/mol. The Morgan fingerprint density at radius 2 is 2.35 bits per heavy atom. The van der Waals surface area contributed by atoms with Crippen LogP contribution in [-0.4, -0.2) is 32.4 Å². The summed E-state index contributed by atoms with van der Waals surface area (Å²) in [6.45, 7) is 0.658. The van der Waals surface area contributed by atoms with Crippen molar-refractivity contribution in [2.75, 3.05) is 23.9 Å². The molecule has 8 heteroatoms. The van der Waals surface area contributed by atoms with E-state index in [1.54, 1.807) is 11.8 Å². The largest absolute Gasteiger partial charge is 0.378 e. The molecule has 1 saturated carbocycles. The minimum absolute atomic E-state index is 0.110. The Kier molecular flexibility index (Phi) is 3.05. The predicted octanol–water partition coefficient (Wildman–Crippen LogP) is 1.27. The number of anilines is 2. The lowest BCUT2D eigenvalue weighted by Gasteiger charge is -2.13. The van der Waals surface area contributed by atoms with Crippen LogP contribution in [0.1, 0.15) is 12.8 Å². The van der Waals surface area contributed by atoms with Crippen LogP contribution in [0.25, 0.3) is 0 Å². The van der Waals surface area contributed by atoms with Crippen LogP contribution in [0, 0.1) is 10.1 Å². The summed E-state index contributed by atoms with van der Waals surface area (Å²) in [6.07, 6.45) is 5.51. The number of thioether (sulfide) groups is 1. The minimum Gasteiger partial charge on any atom is -0.378 e. The Bertz CT molecular complexity index is 449. The molecule has 0 bridgehead atoms. The number of nitrogens with two attached hydrogens (primary N) is 1. The van der Waals surface area contributed by atoms with Crippen molar-refractivity contribution in [2.45, 2.75) is 17.6 Å². The molecule has 0 aromatic carbocycles. The lowest BCUT2D eigenvalue weighted by atomic mass is 10.3. The zero-order chi connectivity index (χ0) is 12.5. The molecular weight excluding hydrogens is 242 g/mol. The highest BCUT2D eigenvalue weighted by Crippen LogP contribution is 2.47. The Morgan fingerprint density at radius 3 is 2.88 bits per heavy atom. The van der Waals surface area contributed by atoms with Gasteiger partial charge < -0.3 is 11.1 Å². The molecule has 1 aliphatic carbocycles. The molecule has 2 rings (SSSR count). The van der Waals surface area contributed by atoms with Crippen LogP contribution >= 0.6 is 11.8 Å². The van der Waals surface area contributed by atoms with E-state index >= 15 is 0 Å². The first-order valence-electron chi connectivity index (χ1n) is 5.12. The number of hydrogen-bond donors (Lipinski definition) is 2. The van der Waals surface area contributed by atoms with Crippen LogP contribution in [0.5, 0.6) is 0 Å². The van der Waals surface area contributed by atoms with E-state index in [1.807, 2.05) is 6.26 Å². The number of nitrogens with one attached hydrogen (secondary N) is 1. The Morgan fingerprint density at radius 1 is 1.65 bits per heavy atom. The highest BCUT2D eigenvalue weighted by atomic mass is 32.2. The molecule has 0 unspecified atom stereocenters. The van der Waals surface area contributed by atoms with Crippen molar-refractivity contribution < 1.29 is 4.92 Å². The van der Waals surface area contributed by atoms with Gasteiger partial charge in [-0.15, -0.1) is 0 Å². The molecule has 0 amide bonds. The molecule has 3 N–H and O–H groups in total. The van der Waals surface area contributed by atoms with E-state index in [2.05, 4.69) is 15.3 Å². The molecule has 1 aromatic heterocycles. The molecule has 0 aliphatic heterocycles. The normalized spacial score (nSPS) is 16.5. The van der Waals surface area contributed by atoms with Gasteiger partial charge in [0, 0.05) is 11.3 Å². The van der Waals surface area contributed by atoms with Gasteiger partial charge in [0.05, 0.1) is 4.92 Å².